The third-order valence-corrected chi connectivity index (χ3v) is 3.05. The number of rotatable bonds is 4. The first-order valence-corrected chi connectivity index (χ1v) is 6.54. The Kier molecular flexibility index (Phi) is 4.33. The second-order valence-corrected chi connectivity index (χ2v) is 4.81. The highest BCUT2D eigenvalue weighted by Gasteiger charge is 2.08. The van der Waals surface area contributed by atoms with Gasteiger partial charge in [0.1, 0.15) is 0 Å². The van der Waals surface area contributed by atoms with Gasteiger partial charge in [-0.3, -0.25) is 14.4 Å². The van der Waals surface area contributed by atoms with Crippen molar-refractivity contribution in [3.63, 3.8) is 0 Å². The van der Waals surface area contributed by atoms with Crippen molar-refractivity contribution in [1.29, 1.82) is 0 Å². The van der Waals surface area contributed by atoms with E-state index in [1.54, 1.807) is 49.5 Å². The second kappa shape index (κ2) is 6.17. The maximum Gasteiger partial charge on any atom is 0.253 e. The Bertz CT molecular complexity index is 730. The number of aryl methyl sites for hydroxylation is 1. The van der Waals surface area contributed by atoms with E-state index in [4.69, 9.17) is 0 Å². The molecule has 5 heteroatoms. The maximum atomic E-state index is 12.2. The van der Waals surface area contributed by atoms with Gasteiger partial charge < -0.3 is 9.88 Å². The predicted molar refractivity (Wildman–Crippen MR) is 80.5 cm³/mol. The normalized spacial score (nSPS) is 10.2. The smallest absolute Gasteiger partial charge is 0.253 e. The average Bonchev–Trinajstić information content (AvgIpc) is 2.44. The summed E-state index contributed by atoms with van der Waals surface area (Å²) in [6.07, 6.45) is 1.60. The Morgan fingerprint density at radius 2 is 1.81 bits per heavy atom. The standard InChI is InChI=1S/C16H16N2O3/c1-11-4-3-9-18(16(11)21)10-15(20)13-5-7-14(8-6-13)17-12(2)19/h3-9H,10H2,1-2H3,(H,17,19). The Labute approximate surface area is 122 Å². The number of ketones is 1. The van der Waals surface area contributed by atoms with Gasteiger partial charge in [0.25, 0.3) is 5.56 Å². The summed E-state index contributed by atoms with van der Waals surface area (Å²) in [6, 6.07) is 10.0. The minimum Gasteiger partial charge on any atom is -0.326 e. The molecule has 0 bridgehead atoms. The molecule has 1 N–H and O–H groups in total. The number of nitrogens with zero attached hydrogens (tertiary/aromatic N) is 1. The summed E-state index contributed by atoms with van der Waals surface area (Å²) < 4.78 is 1.39. The number of aromatic nitrogens is 1. The quantitative estimate of drug-likeness (QED) is 0.873. The predicted octanol–water partition coefficient (Wildman–Crippen LogP) is 2.00. The van der Waals surface area contributed by atoms with Gasteiger partial charge in [-0.1, -0.05) is 6.07 Å². The number of benzene rings is 1. The Balaban J connectivity index is 2.15. The van der Waals surface area contributed by atoms with Crippen molar-refractivity contribution >= 4 is 17.4 Å². The number of pyridine rings is 1. The molecule has 0 fully saturated rings. The number of amides is 1. The molecule has 21 heavy (non-hydrogen) atoms. The molecular formula is C16H16N2O3. The lowest BCUT2D eigenvalue weighted by Crippen LogP contribution is -2.25. The fourth-order valence-corrected chi connectivity index (χ4v) is 1.97. The zero-order chi connectivity index (χ0) is 15.4. The van der Waals surface area contributed by atoms with Gasteiger partial charge in [0.15, 0.2) is 5.78 Å². The number of nitrogens with one attached hydrogen (secondary N) is 1. The molecule has 0 aliphatic carbocycles. The first kappa shape index (κ1) is 14.7. The van der Waals surface area contributed by atoms with Crippen LogP contribution in [-0.2, 0) is 11.3 Å². The van der Waals surface area contributed by atoms with E-state index in [2.05, 4.69) is 5.32 Å². The first-order chi connectivity index (χ1) is 9.97. The minimum atomic E-state index is -0.166. The third-order valence-electron chi connectivity index (χ3n) is 3.05. The van der Waals surface area contributed by atoms with Gasteiger partial charge in [-0.2, -0.15) is 0 Å². The SMILES string of the molecule is CC(=O)Nc1ccc(C(=O)Cn2cccc(C)c2=O)cc1. The van der Waals surface area contributed by atoms with E-state index in [0.717, 1.165) is 0 Å². The molecule has 0 spiro atoms. The van der Waals surface area contributed by atoms with Gasteiger partial charge >= 0.3 is 0 Å². The molecule has 0 aliphatic heterocycles. The number of anilines is 1. The van der Waals surface area contributed by atoms with Crippen LogP contribution in [0.3, 0.4) is 0 Å². The highest BCUT2D eigenvalue weighted by molar-refractivity contribution is 5.96. The molecule has 0 saturated carbocycles. The van der Waals surface area contributed by atoms with Crippen LogP contribution in [-0.4, -0.2) is 16.3 Å². The molecule has 108 valence electrons. The lowest BCUT2D eigenvalue weighted by molar-refractivity contribution is -0.114. The lowest BCUT2D eigenvalue weighted by Gasteiger charge is -2.07. The molecule has 0 unspecified atom stereocenters. The van der Waals surface area contributed by atoms with Crippen LogP contribution in [0.4, 0.5) is 5.69 Å². The fraction of sp³-hybridized carbons (Fsp3) is 0.188. The van der Waals surface area contributed by atoms with Gasteiger partial charge in [0, 0.05) is 29.9 Å². The Morgan fingerprint density at radius 1 is 1.14 bits per heavy atom. The molecule has 0 aliphatic rings. The van der Waals surface area contributed by atoms with Crippen molar-refractivity contribution in [1.82, 2.24) is 4.57 Å². The average molecular weight is 284 g/mol. The number of carbonyl (C=O) groups is 2. The van der Waals surface area contributed by atoms with Crippen LogP contribution in [0.15, 0.2) is 47.4 Å². The molecule has 1 aromatic carbocycles. The summed E-state index contributed by atoms with van der Waals surface area (Å²) in [4.78, 5) is 35.0. The molecule has 0 radical (unpaired) electrons. The Hall–Kier alpha value is -2.69. The van der Waals surface area contributed by atoms with Gasteiger partial charge in [-0.15, -0.1) is 0 Å². The van der Waals surface area contributed by atoms with Crippen molar-refractivity contribution < 1.29 is 9.59 Å². The molecule has 0 saturated heterocycles. The number of carbonyl (C=O) groups excluding carboxylic acids is 2. The molecule has 2 aromatic rings. The van der Waals surface area contributed by atoms with Crippen molar-refractivity contribution in [2.75, 3.05) is 5.32 Å². The van der Waals surface area contributed by atoms with Gasteiger partial charge in [-0.25, -0.2) is 0 Å². The highest BCUT2D eigenvalue weighted by atomic mass is 16.1. The Morgan fingerprint density at radius 3 is 2.43 bits per heavy atom. The number of Topliss-reactive ketones (excluding diaryl/α,β-unsaturated/α-hetero) is 1. The van der Waals surface area contributed by atoms with Crippen molar-refractivity contribution in [3.8, 4) is 0 Å². The molecule has 1 aromatic heterocycles. The van der Waals surface area contributed by atoms with Crippen molar-refractivity contribution in [3.05, 3.63) is 64.1 Å². The van der Waals surface area contributed by atoms with E-state index >= 15 is 0 Å². The maximum absolute atomic E-state index is 12.2. The zero-order valence-electron chi connectivity index (χ0n) is 11.9. The topological polar surface area (TPSA) is 68.2 Å². The van der Waals surface area contributed by atoms with Crippen molar-refractivity contribution in [2.45, 2.75) is 20.4 Å². The number of hydrogen-bond acceptors (Lipinski definition) is 3. The molecule has 5 nitrogen and oxygen atoms in total. The first-order valence-electron chi connectivity index (χ1n) is 6.54. The van der Waals surface area contributed by atoms with E-state index < -0.39 is 0 Å². The van der Waals surface area contributed by atoms with Crippen LogP contribution in [0.5, 0.6) is 0 Å². The van der Waals surface area contributed by atoms with Crippen LogP contribution in [0.25, 0.3) is 0 Å². The van der Waals surface area contributed by atoms with Crippen molar-refractivity contribution in [2.24, 2.45) is 0 Å². The molecule has 1 amide bonds. The molecule has 0 atom stereocenters. The minimum absolute atomic E-state index is 0.00000307. The third kappa shape index (κ3) is 3.66. The summed E-state index contributed by atoms with van der Waals surface area (Å²) >= 11 is 0. The van der Waals surface area contributed by atoms with E-state index in [-0.39, 0.29) is 23.8 Å². The summed E-state index contributed by atoms with van der Waals surface area (Å²) in [5.41, 5.74) is 1.57. The molecular weight excluding hydrogens is 268 g/mol. The summed E-state index contributed by atoms with van der Waals surface area (Å²) in [5, 5.41) is 2.63. The summed E-state index contributed by atoms with van der Waals surface area (Å²) in [7, 11) is 0. The van der Waals surface area contributed by atoms with E-state index in [1.807, 2.05) is 0 Å². The van der Waals surface area contributed by atoms with Crippen LogP contribution in [0.2, 0.25) is 0 Å². The van der Waals surface area contributed by atoms with E-state index in [1.165, 1.54) is 11.5 Å². The summed E-state index contributed by atoms with van der Waals surface area (Å²) in [6.45, 7) is 3.13. The number of hydrogen-bond donors (Lipinski definition) is 1. The van der Waals surface area contributed by atoms with Gasteiger partial charge in [-0.05, 0) is 37.3 Å². The van der Waals surface area contributed by atoms with Crippen LogP contribution in [0.1, 0.15) is 22.8 Å². The molecule has 2 rings (SSSR count). The van der Waals surface area contributed by atoms with Crippen LogP contribution < -0.4 is 10.9 Å². The monoisotopic (exact) mass is 284 g/mol. The van der Waals surface area contributed by atoms with E-state index in [9.17, 15) is 14.4 Å². The van der Waals surface area contributed by atoms with Crippen LogP contribution >= 0.6 is 0 Å². The zero-order valence-corrected chi connectivity index (χ0v) is 11.9. The fourth-order valence-electron chi connectivity index (χ4n) is 1.97. The lowest BCUT2D eigenvalue weighted by atomic mass is 10.1. The largest absolute Gasteiger partial charge is 0.326 e. The van der Waals surface area contributed by atoms with Gasteiger partial charge in [0.05, 0.1) is 6.54 Å². The van der Waals surface area contributed by atoms with Crippen LogP contribution in [0, 0.1) is 6.92 Å². The highest BCUT2D eigenvalue weighted by Crippen LogP contribution is 2.10. The van der Waals surface area contributed by atoms with E-state index in [0.29, 0.717) is 16.8 Å². The summed E-state index contributed by atoms with van der Waals surface area (Å²) in [5.74, 6) is -0.322. The molecule has 1 heterocycles. The second-order valence-electron chi connectivity index (χ2n) is 4.81. The van der Waals surface area contributed by atoms with Gasteiger partial charge in [0.2, 0.25) is 5.91 Å².